The standard InChI is InChI=1S/C21H33N3O5S/c1-3-29-20-7-6-19(15-17(20)2)30(26,27)24-9-4-5-18(16-24)21(25)22-8-10-23-11-13-28-14-12-23/h6-7,15,18H,3-5,8-14,16H2,1-2H3,(H,22,25)/t18-/m1/s1. The number of hydrogen-bond acceptors (Lipinski definition) is 6. The van der Waals surface area contributed by atoms with E-state index in [1.54, 1.807) is 18.2 Å². The first kappa shape index (κ1) is 23.0. The summed E-state index contributed by atoms with van der Waals surface area (Å²) in [5.41, 5.74) is 0.785. The monoisotopic (exact) mass is 439 g/mol. The Hall–Kier alpha value is -1.68. The van der Waals surface area contributed by atoms with Crippen molar-refractivity contribution in [2.75, 3.05) is 59.1 Å². The van der Waals surface area contributed by atoms with Gasteiger partial charge in [-0.3, -0.25) is 9.69 Å². The lowest BCUT2D eigenvalue weighted by molar-refractivity contribution is -0.126. The predicted molar refractivity (Wildman–Crippen MR) is 114 cm³/mol. The first-order chi connectivity index (χ1) is 14.4. The van der Waals surface area contributed by atoms with Crippen LogP contribution >= 0.6 is 0 Å². The van der Waals surface area contributed by atoms with Gasteiger partial charge in [-0.15, -0.1) is 0 Å². The molecule has 8 nitrogen and oxygen atoms in total. The summed E-state index contributed by atoms with van der Waals surface area (Å²) >= 11 is 0. The maximum atomic E-state index is 13.1. The van der Waals surface area contributed by atoms with Gasteiger partial charge in [0.1, 0.15) is 5.75 Å². The van der Waals surface area contributed by atoms with Gasteiger partial charge in [0.25, 0.3) is 0 Å². The lowest BCUT2D eigenvalue weighted by Gasteiger charge is -2.32. The zero-order valence-corrected chi connectivity index (χ0v) is 18.7. The second kappa shape index (κ2) is 10.6. The highest BCUT2D eigenvalue weighted by Gasteiger charge is 2.33. The number of sulfonamides is 1. The molecule has 0 saturated carbocycles. The van der Waals surface area contributed by atoms with Gasteiger partial charge in [-0.2, -0.15) is 4.31 Å². The summed E-state index contributed by atoms with van der Waals surface area (Å²) in [7, 11) is -3.64. The fourth-order valence-electron chi connectivity index (χ4n) is 3.93. The second-order valence-electron chi connectivity index (χ2n) is 7.81. The molecule has 1 atom stereocenters. The summed E-state index contributed by atoms with van der Waals surface area (Å²) in [6, 6.07) is 4.93. The van der Waals surface area contributed by atoms with E-state index in [9.17, 15) is 13.2 Å². The number of benzene rings is 1. The van der Waals surface area contributed by atoms with Crippen molar-refractivity contribution in [1.82, 2.24) is 14.5 Å². The van der Waals surface area contributed by atoms with Crippen LogP contribution in [0.2, 0.25) is 0 Å². The van der Waals surface area contributed by atoms with Crippen LogP contribution in [0.1, 0.15) is 25.3 Å². The molecule has 2 aliphatic rings. The number of carbonyl (C=O) groups excluding carboxylic acids is 1. The fraction of sp³-hybridized carbons (Fsp3) is 0.667. The van der Waals surface area contributed by atoms with E-state index in [2.05, 4.69) is 10.2 Å². The largest absolute Gasteiger partial charge is 0.494 e. The van der Waals surface area contributed by atoms with Crippen LogP contribution in [0, 0.1) is 12.8 Å². The van der Waals surface area contributed by atoms with E-state index in [1.807, 2.05) is 13.8 Å². The van der Waals surface area contributed by atoms with Gasteiger partial charge in [0, 0.05) is 39.3 Å². The summed E-state index contributed by atoms with van der Waals surface area (Å²) in [4.78, 5) is 15.1. The van der Waals surface area contributed by atoms with Crippen molar-refractivity contribution >= 4 is 15.9 Å². The Bertz CT molecular complexity index is 824. The molecule has 0 aromatic heterocycles. The molecular weight excluding hydrogens is 406 g/mol. The van der Waals surface area contributed by atoms with Crippen LogP contribution in [0.3, 0.4) is 0 Å². The number of aryl methyl sites for hydroxylation is 1. The predicted octanol–water partition coefficient (Wildman–Crippen LogP) is 1.24. The quantitative estimate of drug-likeness (QED) is 0.656. The van der Waals surface area contributed by atoms with E-state index in [0.29, 0.717) is 38.3 Å². The first-order valence-corrected chi connectivity index (χ1v) is 12.2. The number of hydrogen-bond donors (Lipinski definition) is 1. The van der Waals surface area contributed by atoms with E-state index in [4.69, 9.17) is 9.47 Å². The Morgan fingerprint density at radius 1 is 1.27 bits per heavy atom. The van der Waals surface area contributed by atoms with Gasteiger partial charge in [0.2, 0.25) is 15.9 Å². The molecule has 0 radical (unpaired) electrons. The van der Waals surface area contributed by atoms with Gasteiger partial charge in [-0.1, -0.05) is 0 Å². The van der Waals surface area contributed by atoms with Crippen LogP contribution in [0.4, 0.5) is 0 Å². The minimum Gasteiger partial charge on any atom is -0.494 e. The molecule has 0 aliphatic carbocycles. The first-order valence-electron chi connectivity index (χ1n) is 10.7. The molecule has 0 bridgehead atoms. The number of morpholine rings is 1. The lowest BCUT2D eigenvalue weighted by atomic mass is 9.99. The molecule has 1 N–H and O–H groups in total. The van der Waals surface area contributed by atoms with Crippen LogP contribution in [0.5, 0.6) is 5.75 Å². The minimum absolute atomic E-state index is 0.0639. The number of piperidine rings is 1. The van der Waals surface area contributed by atoms with Crippen molar-refractivity contribution in [3.63, 3.8) is 0 Å². The molecule has 3 rings (SSSR count). The Kier molecular flexibility index (Phi) is 8.10. The second-order valence-corrected chi connectivity index (χ2v) is 9.75. The molecule has 2 fully saturated rings. The highest BCUT2D eigenvalue weighted by molar-refractivity contribution is 7.89. The van der Waals surface area contributed by atoms with Crippen LogP contribution in [-0.2, 0) is 19.6 Å². The highest BCUT2D eigenvalue weighted by atomic mass is 32.2. The number of nitrogens with zero attached hydrogens (tertiary/aromatic N) is 2. The lowest BCUT2D eigenvalue weighted by Crippen LogP contribution is -2.47. The molecule has 2 heterocycles. The molecule has 168 valence electrons. The number of rotatable bonds is 8. The highest BCUT2D eigenvalue weighted by Crippen LogP contribution is 2.27. The van der Waals surface area contributed by atoms with E-state index >= 15 is 0 Å². The van der Waals surface area contributed by atoms with Crippen molar-refractivity contribution in [2.24, 2.45) is 5.92 Å². The Balaban J connectivity index is 1.57. The van der Waals surface area contributed by atoms with Crippen molar-refractivity contribution in [1.29, 1.82) is 0 Å². The van der Waals surface area contributed by atoms with Crippen molar-refractivity contribution < 1.29 is 22.7 Å². The van der Waals surface area contributed by atoms with Crippen molar-refractivity contribution in [3.05, 3.63) is 23.8 Å². The van der Waals surface area contributed by atoms with E-state index in [-0.39, 0.29) is 23.3 Å². The Morgan fingerprint density at radius 2 is 2.03 bits per heavy atom. The average molecular weight is 440 g/mol. The van der Waals surface area contributed by atoms with E-state index in [1.165, 1.54) is 4.31 Å². The third-order valence-electron chi connectivity index (χ3n) is 5.67. The van der Waals surface area contributed by atoms with Crippen LogP contribution < -0.4 is 10.1 Å². The molecule has 30 heavy (non-hydrogen) atoms. The van der Waals surface area contributed by atoms with Gasteiger partial charge in [0.15, 0.2) is 0 Å². The number of amides is 1. The summed E-state index contributed by atoms with van der Waals surface area (Å²) in [5, 5.41) is 2.98. The van der Waals surface area contributed by atoms with Crippen LogP contribution in [0.15, 0.2) is 23.1 Å². The molecule has 2 saturated heterocycles. The fourth-order valence-corrected chi connectivity index (χ4v) is 5.54. The smallest absolute Gasteiger partial charge is 0.243 e. The maximum Gasteiger partial charge on any atom is 0.243 e. The topological polar surface area (TPSA) is 88.2 Å². The third kappa shape index (κ3) is 5.72. The molecule has 0 spiro atoms. The van der Waals surface area contributed by atoms with Crippen LogP contribution in [0.25, 0.3) is 0 Å². The van der Waals surface area contributed by atoms with E-state index < -0.39 is 10.0 Å². The average Bonchev–Trinajstić information content (AvgIpc) is 2.76. The molecule has 9 heteroatoms. The van der Waals surface area contributed by atoms with Gasteiger partial charge in [0.05, 0.1) is 30.6 Å². The summed E-state index contributed by atoms with van der Waals surface area (Å²) in [5.74, 6) is 0.306. The molecule has 0 unspecified atom stereocenters. The number of carbonyl (C=O) groups is 1. The summed E-state index contributed by atoms with van der Waals surface area (Å²) < 4.78 is 38.5. The molecule has 1 aromatic rings. The van der Waals surface area contributed by atoms with Crippen LogP contribution in [-0.4, -0.2) is 82.6 Å². The SMILES string of the molecule is CCOc1ccc(S(=O)(=O)N2CCC[C@@H](C(=O)NCCN3CCOCC3)C2)cc1C. The normalized spacial score (nSPS) is 21.3. The van der Waals surface area contributed by atoms with E-state index in [0.717, 1.165) is 38.4 Å². The van der Waals surface area contributed by atoms with Gasteiger partial charge in [-0.25, -0.2) is 8.42 Å². The molecule has 1 aromatic carbocycles. The van der Waals surface area contributed by atoms with Crippen molar-refractivity contribution in [3.8, 4) is 5.75 Å². The third-order valence-corrected chi connectivity index (χ3v) is 7.53. The van der Waals surface area contributed by atoms with Crippen molar-refractivity contribution in [2.45, 2.75) is 31.6 Å². The Morgan fingerprint density at radius 3 is 2.73 bits per heavy atom. The summed E-state index contributed by atoms with van der Waals surface area (Å²) in [6.45, 7) is 9.50. The maximum absolute atomic E-state index is 13.1. The minimum atomic E-state index is -3.64. The zero-order chi connectivity index (χ0) is 21.6. The van der Waals surface area contributed by atoms with Gasteiger partial charge in [-0.05, 0) is 50.5 Å². The Labute approximate surface area is 179 Å². The molecule has 1 amide bonds. The number of ether oxygens (including phenoxy) is 2. The summed E-state index contributed by atoms with van der Waals surface area (Å²) in [6.07, 6.45) is 1.38. The van der Waals surface area contributed by atoms with Gasteiger partial charge < -0.3 is 14.8 Å². The molecule has 2 aliphatic heterocycles. The van der Waals surface area contributed by atoms with Gasteiger partial charge >= 0.3 is 0 Å². The molecular formula is C21H33N3O5S. The number of nitrogens with one attached hydrogen (secondary N) is 1. The zero-order valence-electron chi connectivity index (χ0n) is 17.9.